The Hall–Kier alpha value is -0.930. The van der Waals surface area contributed by atoms with Crippen LogP contribution in [0, 0.1) is 0 Å². The van der Waals surface area contributed by atoms with E-state index in [-0.39, 0.29) is 22.2 Å². The summed E-state index contributed by atoms with van der Waals surface area (Å²) in [5.74, 6) is 0.443. The Labute approximate surface area is 147 Å². The minimum Gasteiger partial charge on any atom is -0.313 e. The van der Waals surface area contributed by atoms with Gasteiger partial charge in [-0.15, -0.1) is 0 Å². The van der Waals surface area contributed by atoms with Gasteiger partial charge in [0.05, 0.1) is 39.9 Å². The molecule has 132 valence electrons. The van der Waals surface area contributed by atoms with Crippen LogP contribution >= 0.6 is 23.4 Å². The zero-order valence-electron chi connectivity index (χ0n) is 12.5. The van der Waals surface area contributed by atoms with Crippen LogP contribution in [0.15, 0.2) is 23.2 Å². The molecular formula is C14H14ClF3N2O2S2. The molecular weight excluding hydrogens is 385 g/mol. The maximum Gasteiger partial charge on any atom is 0.416 e. The molecule has 2 aliphatic rings. The first-order valence-corrected chi connectivity index (χ1v) is 10.4. The fourth-order valence-electron chi connectivity index (χ4n) is 2.92. The Morgan fingerprint density at radius 1 is 1.38 bits per heavy atom. The summed E-state index contributed by atoms with van der Waals surface area (Å²) in [5, 5.41) is 0.654. The first kappa shape index (κ1) is 17.9. The van der Waals surface area contributed by atoms with E-state index >= 15 is 0 Å². The van der Waals surface area contributed by atoms with Gasteiger partial charge in [0, 0.05) is 0 Å². The van der Waals surface area contributed by atoms with E-state index in [1.807, 2.05) is 6.92 Å². The third-order valence-electron chi connectivity index (χ3n) is 3.91. The average molecular weight is 399 g/mol. The van der Waals surface area contributed by atoms with Crippen molar-refractivity contribution < 1.29 is 21.6 Å². The van der Waals surface area contributed by atoms with E-state index in [1.165, 1.54) is 17.8 Å². The number of thioether (sulfide) groups is 1. The number of alkyl halides is 3. The lowest BCUT2D eigenvalue weighted by Gasteiger charge is -2.28. The summed E-state index contributed by atoms with van der Waals surface area (Å²) >= 11 is 7.49. The molecule has 0 bridgehead atoms. The van der Waals surface area contributed by atoms with E-state index in [0.29, 0.717) is 10.9 Å². The Kier molecular flexibility index (Phi) is 4.55. The summed E-state index contributed by atoms with van der Waals surface area (Å²) in [7, 11) is -3.26. The van der Waals surface area contributed by atoms with Gasteiger partial charge in [0.2, 0.25) is 0 Å². The molecule has 0 aromatic heterocycles. The number of anilines is 1. The van der Waals surface area contributed by atoms with E-state index in [4.69, 9.17) is 11.6 Å². The molecule has 2 atom stereocenters. The predicted octanol–water partition coefficient (Wildman–Crippen LogP) is 3.45. The predicted molar refractivity (Wildman–Crippen MR) is 90.7 cm³/mol. The van der Waals surface area contributed by atoms with Gasteiger partial charge in [0.15, 0.2) is 15.0 Å². The van der Waals surface area contributed by atoms with Crippen molar-refractivity contribution in [3.05, 3.63) is 28.8 Å². The summed E-state index contributed by atoms with van der Waals surface area (Å²) in [6.45, 7) is 1.89. The molecule has 1 fully saturated rings. The number of hydrogen-bond acceptors (Lipinski definition) is 5. The highest BCUT2D eigenvalue weighted by Crippen LogP contribution is 2.41. The minimum atomic E-state index is -4.50. The van der Waals surface area contributed by atoms with Gasteiger partial charge in [-0.05, 0) is 24.0 Å². The van der Waals surface area contributed by atoms with Crippen molar-refractivity contribution in [2.24, 2.45) is 4.99 Å². The van der Waals surface area contributed by atoms with Crippen molar-refractivity contribution >= 4 is 44.1 Å². The summed E-state index contributed by atoms with van der Waals surface area (Å²) in [6.07, 6.45) is -4.50. The normalized spacial score (nSPS) is 25.7. The first-order valence-electron chi connectivity index (χ1n) is 7.19. The molecule has 1 saturated heterocycles. The third-order valence-corrected chi connectivity index (χ3v) is 6.78. The highest BCUT2D eigenvalue weighted by molar-refractivity contribution is 8.14. The summed E-state index contributed by atoms with van der Waals surface area (Å²) in [4.78, 5) is 5.97. The third kappa shape index (κ3) is 3.25. The Morgan fingerprint density at radius 2 is 2.08 bits per heavy atom. The lowest BCUT2D eigenvalue weighted by Crippen LogP contribution is -2.39. The molecule has 10 heteroatoms. The summed E-state index contributed by atoms with van der Waals surface area (Å²) in [5.41, 5.74) is -0.678. The second kappa shape index (κ2) is 6.10. The standard InChI is InChI=1S/C14H14ClF3N2O2S2/c1-2-23-13-19-10-6-24(21,22)7-12(10)20(13)11-5-8(14(16,17)18)3-4-9(11)15/h3-5,10,12H,2,6-7H2,1H3. The highest BCUT2D eigenvalue weighted by atomic mass is 35.5. The van der Waals surface area contributed by atoms with Crippen LogP contribution in [0.5, 0.6) is 0 Å². The van der Waals surface area contributed by atoms with Crippen molar-refractivity contribution in [2.45, 2.75) is 25.2 Å². The molecule has 3 rings (SSSR count). The maximum absolute atomic E-state index is 13.0. The molecule has 2 heterocycles. The quantitative estimate of drug-likeness (QED) is 0.765. The summed E-state index contributed by atoms with van der Waals surface area (Å²) in [6, 6.07) is 2.08. The number of benzene rings is 1. The molecule has 0 aliphatic carbocycles. The number of hydrogen-bond donors (Lipinski definition) is 0. The van der Waals surface area contributed by atoms with E-state index in [2.05, 4.69) is 4.99 Å². The fourth-order valence-corrected chi connectivity index (χ4v) is 5.81. The zero-order chi connectivity index (χ0) is 17.7. The number of rotatable bonds is 2. The van der Waals surface area contributed by atoms with Crippen molar-refractivity contribution in [1.29, 1.82) is 0 Å². The molecule has 4 nitrogen and oxygen atoms in total. The smallest absolute Gasteiger partial charge is 0.313 e. The monoisotopic (exact) mass is 398 g/mol. The van der Waals surface area contributed by atoms with Crippen LogP contribution in [0.4, 0.5) is 18.9 Å². The van der Waals surface area contributed by atoms with Crippen LogP contribution < -0.4 is 4.90 Å². The van der Waals surface area contributed by atoms with Gasteiger partial charge < -0.3 is 4.90 Å². The van der Waals surface area contributed by atoms with Gasteiger partial charge in [-0.25, -0.2) is 8.42 Å². The van der Waals surface area contributed by atoms with Crippen LogP contribution in [0.3, 0.4) is 0 Å². The minimum absolute atomic E-state index is 0.0848. The SMILES string of the molecule is CCSC1=NC2CS(=O)(=O)CC2N1c1cc(C(F)(F)F)ccc1Cl. The van der Waals surface area contributed by atoms with E-state index in [1.54, 1.807) is 4.90 Å². The van der Waals surface area contributed by atoms with Crippen LogP contribution in [0.2, 0.25) is 5.02 Å². The van der Waals surface area contributed by atoms with Crippen LogP contribution in [0.1, 0.15) is 12.5 Å². The summed E-state index contributed by atoms with van der Waals surface area (Å²) < 4.78 is 62.9. The van der Waals surface area contributed by atoms with Gasteiger partial charge in [-0.2, -0.15) is 13.2 Å². The number of halogens is 4. The number of fused-ring (bicyclic) bond motifs is 1. The fraction of sp³-hybridized carbons (Fsp3) is 0.500. The molecule has 2 aliphatic heterocycles. The van der Waals surface area contributed by atoms with Gasteiger partial charge >= 0.3 is 6.18 Å². The van der Waals surface area contributed by atoms with Gasteiger partial charge in [-0.1, -0.05) is 30.3 Å². The Balaban J connectivity index is 2.07. The van der Waals surface area contributed by atoms with Gasteiger partial charge in [0.1, 0.15) is 0 Å². The second-order valence-corrected chi connectivity index (χ2v) is 9.38. The lowest BCUT2D eigenvalue weighted by atomic mass is 10.1. The topological polar surface area (TPSA) is 49.7 Å². The van der Waals surface area contributed by atoms with Crippen LogP contribution in [-0.2, 0) is 16.0 Å². The van der Waals surface area contributed by atoms with Crippen molar-refractivity contribution in [3.63, 3.8) is 0 Å². The number of aliphatic imine (C=N–C) groups is 1. The molecule has 0 radical (unpaired) electrons. The van der Waals surface area contributed by atoms with Crippen molar-refractivity contribution in [2.75, 3.05) is 22.2 Å². The molecule has 1 aromatic carbocycles. The van der Waals surface area contributed by atoms with Gasteiger partial charge in [-0.3, -0.25) is 4.99 Å². The van der Waals surface area contributed by atoms with E-state index in [0.717, 1.165) is 12.1 Å². The Bertz CT molecular complexity index is 796. The molecule has 1 aromatic rings. The molecule has 0 N–H and O–H groups in total. The largest absolute Gasteiger partial charge is 0.416 e. The average Bonchev–Trinajstić information content (AvgIpc) is 2.90. The second-order valence-electron chi connectivity index (χ2n) is 5.59. The number of amidine groups is 1. The van der Waals surface area contributed by atoms with Crippen molar-refractivity contribution in [1.82, 2.24) is 0 Å². The molecule has 2 unspecified atom stereocenters. The van der Waals surface area contributed by atoms with Gasteiger partial charge in [0.25, 0.3) is 0 Å². The molecule has 0 saturated carbocycles. The number of nitrogens with zero attached hydrogens (tertiary/aromatic N) is 2. The first-order chi connectivity index (χ1) is 11.1. The van der Waals surface area contributed by atoms with E-state index in [9.17, 15) is 21.6 Å². The molecule has 0 amide bonds. The van der Waals surface area contributed by atoms with Crippen molar-refractivity contribution in [3.8, 4) is 0 Å². The Morgan fingerprint density at radius 3 is 2.71 bits per heavy atom. The lowest BCUT2D eigenvalue weighted by molar-refractivity contribution is -0.137. The molecule has 24 heavy (non-hydrogen) atoms. The maximum atomic E-state index is 13.0. The van der Waals surface area contributed by atoms with E-state index < -0.39 is 33.7 Å². The zero-order valence-corrected chi connectivity index (χ0v) is 14.9. The molecule has 0 spiro atoms. The highest BCUT2D eigenvalue weighted by Gasteiger charge is 2.47. The van der Waals surface area contributed by atoms with Crippen LogP contribution in [0.25, 0.3) is 0 Å². The van der Waals surface area contributed by atoms with Crippen LogP contribution in [-0.4, -0.2) is 42.9 Å². The number of sulfone groups is 1.